The predicted molar refractivity (Wildman–Crippen MR) is 110 cm³/mol. The first-order valence-electron chi connectivity index (χ1n) is 9.50. The minimum absolute atomic E-state index is 0.213. The third-order valence-electron chi connectivity index (χ3n) is 4.72. The molecule has 1 saturated heterocycles. The third-order valence-corrected chi connectivity index (χ3v) is 4.72. The van der Waals surface area contributed by atoms with Gasteiger partial charge in [0.05, 0.1) is 12.0 Å². The van der Waals surface area contributed by atoms with Crippen molar-refractivity contribution in [3.8, 4) is 11.3 Å². The van der Waals surface area contributed by atoms with Gasteiger partial charge in [-0.2, -0.15) is 0 Å². The van der Waals surface area contributed by atoms with Gasteiger partial charge in [-0.1, -0.05) is 12.1 Å². The van der Waals surface area contributed by atoms with Gasteiger partial charge < -0.3 is 14.6 Å². The highest BCUT2D eigenvalue weighted by Crippen LogP contribution is 2.22. The van der Waals surface area contributed by atoms with Gasteiger partial charge in [0.25, 0.3) is 0 Å². The van der Waals surface area contributed by atoms with Gasteiger partial charge in [0.2, 0.25) is 5.91 Å². The zero-order valence-corrected chi connectivity index (χ0v) is 15.5. The second-order valence-corrected chi connectivity index (χ2v) is 6.74. The van der Waals surface area contributed by atoms with Crippen LogP contribution in [0.1, 0.15) is 25.0 Å². The summed E-state index contributed by atoms with van der Waals surface area (Å²) < 4.78 is 5.16. The van der Waals surface area contributed by atoms with Gasteiger partial charge in [0, 0.05) is 30.4 Å². The molecule has 0 unspecified atom stereocenters. The molecular formula is C22H22N4O2. The van der Waals surface area contributed by atoms with Crippen molar-refractivity contribution in [1.82, 2.24) is 10.2 Å². The van der Waals surface area contributed by atoms with Gasteiger partial charge >= 0.3 is 0 Å². The summed E-state index contributed by atoms with van der Waals surface area (Å²) in [5.74, 6) is 1.36. The molecule has 1 aliphatic heterocycles. The summed E-state index contributed by atoms with van der Waals surface area (Å²) in [5, 5.41) is 11.6. The van der Waals surface area contributed by atoms with Crippen molar-refractivity contribution in [2.45, 2.75) is 19.3 Å². The van der Waals surface area contributed by atoms with E-state index < -0.39 is 0 Å². The van der Waals surface area contributed by atoms with Crippen molar-refractivity contribution in [2.24, 2.45) is 0 Å². The Labute approximate surface area is 163 Å². The first-order valence-corrected chi connectivity index (χ1v) is 9.50. The summed E-state index contributed by atoms with van der Waals surface area (Å²) in [6, 6.07) is 15.2. The van der Waals surface area contributed by atoms with Crippen LogP contribution in [-0.4, -0.2) is 29.2 Å². The van der Waals surface area contributed by atoms with Gasteiger partial charge in [0.1, 0.15) is 5.76 Å². The fraction of sp³-hybridized carbons (Fsp3) is 0.227. The number of piperidine rings is 1. The highest BCUT2D eigenvalue weighted by molar-refractivity contribution is 6.01. The van der Waals surface area contributed by atoms with E-state index in [0.717, 1.165) is 35.9 Å². The second-order valence-electron chi connectivity index (χ2n) is 6.74. The number of nitrogens with zero attached hydrogens (tertiary/aromatic N) is 3. The Balaban J connectivity index is 1.38. The Morgan fingerprint density at radius 1 is 1.00 bits per heavy atom. The van der Waals surface area contributed by atoms with Crippen LogP contribution in [0.3, 0.4) is 0 Å². The molecule has 0 bridgehead atoms. The summed E-state index contributed by atoms with van der Waals surface area (Å²) in [5.41, 5.74) is 2.49. The lowest BCUT2D eigenvalue weighted by atomic mass is 10.1. The summed E-state index contributed by atoms with van der Waals surface area (Å²) in [6.45, 7) is 2.10. The highest BCUT2D eigenvalue weighted by Gasteiger charge is 2.12. The van der Waals surface area contributed by atoms with Crippen LogP contribution in [0, 0.1) is 0 Å². The average Bonchev–Trinajstić information content (AvgIpc) is 3.27. The maximum atomic E-state index is 12.0. The van der Waals surface area contributed by atoms with Crippen LogP contribution in [0.15, 0.2) is 65.3 Å². The number of amides is 1. The van der Waals surface area contributed by atoms with E-state index in [1.807, 2.05) is 36.4 Å². The fourth-order valence-corrected chi connectivity index (χ4v) is 3.22. The molecule has 28 heavy (non-hydrogen) atoms. The van der Waals surface area contributed by atoms with Crippen LogP contribution in [0.25, 0.3) is 17.3 Å². The van der Waals surface area contributed by atoms with Crippen LogP contribution in [0.4, 0.5) is 11.5 Å². The van der Waals surface area contributed by atoms with Crippen molar-refractivity contribution >= 4 is 23.5 Å². The van der Waals surface area contributed by atoms with Crippen LogP contribution in [0.5, 0.6) is 0 Å². The van der Waals surface area contributed by atoms with Gasteiger partial charge in [0.15, 0.2) is 5.82 Å². The van der Waals surface area contributed by atoms with Crippen LogP contribution in [0.2, 0.25) is 0 Å². The Morgan fingerprint density at radius 2 is 1.82 bits per heavy atom. The Hall–Kier alpha value is -3.41. The average molecular weight is 374 g/mol. The fourth-order valence-electron chi connectivity index (χ4n) is 3.22. The molecule has 1 N–H and O–H groups in total. The predicted octanol–water partition coefficient (Wildman–Crippen LogP) is 4.38. The molecule has 142 valence electrons. The van der Waals surface area contributed by atoms with Gasteiger partial charge in [-0.05, 0) is 61.7 Å². The number of nitrogens with one attached hydrogen (secondary N) is 1. The van der Waals surface area contributed by atoms with Crippen LogP contribution in [-0.2, 0) is 4.79 Å². The SMILES string of the molecule is O=C(/C=C/c1ccco1)Nc1ccc(-c2ccc(N3CCCCC3)nn2)cc1. The molecule has 3 heterocycles. The molecule has 1 aromatic carbocycles. The normalized spacial score (nSPS) is 14.4. The smallest absolute Gasteiger partial charge is 0.248 e. The first-order chi connectivity index (χ1) is 13.8. The molecule has 1 aliphatic rings. The van der Waals surface area contributed by atoms with Gasteiger partial charge in [-0.25, -0.2) is 0 Å². The van der Waals surface area contributed by atoms with E-state index >= 15 is 0 Å². The largest absolute Gasteiger partial charge is 0.465 e. The zero-order chi connectivity index (χ0) is 19.2. The van der Waals surface area contributed by atoms with Crippen LogP contribution >= 0.6 is 0 Å². The quantitative estimate of drug-likeness (QED) is 0.671. The summed E-state index contributed by atoms with van der Waals surface area (Å²) >= 11 is 0. The third kappa shape index (κ3) is 4.46. The highest BCUT2D eigenvalue weighted by atomic mass is 16.3. The van der Waals surface area contributed by atoms with E-state index in [2.05, 4.69) is 20.4 Å². The van der Waals surface area contributed by atoms with Crippen molar-refractivity contribution in [1.29, 1.82) is 0 Å². The summed E-state index contributed by atoms with van der Waals surface area (Å²) in [4.78, 5) is 14.3. The van der Waals surface area contributed by atoms with Crippen molar-refractivity contribution in [2.75, 3.05) is 23.3 Å². The molecular weight excluding hydrogens is 352 g/mol. The molecule has 2 aromatic heterocycles. The Morgan fingerprint density at radius 3 is 2.50 bits per heavy atom. The van der Waals surface area contributed by atoms with Crippen molar-refractivity contribution < 1.29 is 9.21 Å². The molecule has 6 nitrogen and oxygen atoms in total. The molecule has 0 saturated carbocycles. The monoisotopic (exact) mass is 374 g/mol. The van der Waals surface area contributed by atoms with E-state index in [0.29, 0.717) is 5.76 Å². The molecule has 0 atom stereocenters. The Kier molecular flexibility index (Phi) is 5.47. The number of rotatable bonds is 5. The molecule has 0 radical (unpaired) electrons. The van der Waals surface area contributed by atoms with Gasteiger partial charge in [-0.15, -0.1) is 10.2 Å². The number of anilines is 2. The lowest BCUT2D eigenvalue weighted by Crippen LogP contribution is -2.30. The number of hydrogen-bond donors (Lipinski definition) is 1. The minimum atomic E-state index is -0.213. The molecule has 6 heteroatoms. The van der Waals surface area contributed by atoms with E-state index in [4.69, 9.17) is 4.42 Å². The molecule has 4 rings (SSSR count). The standard InChI is InChI=1S/C22H22N4O2/c27-22(13-10-19-5-4-16-28-19)23-18-8-6-17(7-9-18)20-11-12-21(25-24-20)26-14-2-1-3-15-26/h4-13,16H,1-3,14-15H2,(H,23,27)/b13-10+. The molecule has 0 aliphatic carbocycles. The number of aromatic nitrogens is 2. The minimum Gasteiger partial charge on any atom is -0.465 e. The maximum Gasteiger partial charge on any atom is 0.248 e. The molecule has 1 fully saturated rings. The van der Waals surface area contributed by atoms with Gasteiger partial charge in [-0.3, -0.25) is 4.79 Å². The van der Waals surface area contributed by atoms with Crippen molar-refractivity contribution in [3.05, 3.63) is 66.6 Å². The van der Waals surface area contributed by atoms with Crippen LogP contribution < -0.4 is 10.2 Å². The number of furan rings is 1. The second kappa shape index (κ2) is 8.52. The lowest BCUT2D eigenvalue weighted by Gasteiger charge is -2.27. The van der Waals surface area contributed by atoms with Crippen molar-refractivity contribution in [3.63, 3.8) is 0 Å². The number of carbonyl (C=O) groups is 1. The first kappa shape index (κ1) is 18.0. The molecule has 3 aromatic rings. The summed E-state index contributed by atoms with van der Waals surface area (Å²) in [6.07, 6.45) is 8.36. The maximum absolute atomic E-state index is 12.0. The zero-order valence-electron chi connectivity index (χ0n) is 15.5. The Bertz CT molecular complexity index is 926. The molecule has 0 spiro atoms. The van der Waals surface area contributed by atoms with E-state index in [9.17, 15) is 4.79 Å². The number of hydrogen-bond acceptors (Lipinski definition) is 5. The lowest BCUT2D eigenvalue weighted by molar-refractivity contribution is -0.111. The van der Waals surface area contributed by atoms with E-state index in [1.54, 1.807) is 24.5 Å². The molecule has 1 amide bonds. The topological polar surface area (TPSA) is 71.3 Å². The summed E-state index contributed by atoms with van der Waals surface area (Å²) in [7, 11) is 0. The number of benzene rings is 1. The van der Waals surface area contributed by atoms with E-state index in [-0.39, 0.29) is 5.91 Å². The number of carbonyl (C=O) groups excluding carboxylic acids is 1. The van der Waals surface area contributed by atoms with E-state index in [1.165, 1.54) is 25.3 Å².